The van der Waals surface area contributed by atoms with Crippen molar-refractivity contribution in [3.8, 4) is 11.3 Å². The topological polar surface area (TPSA) is 248 Å². The second-order valence-electron chi connectivity index (χ2n) is 17.7. The standard InChI is InChI=1S/C22H18N6O.C16H14IN3O.C8H4ClIN2.C8H11NO.C6H5N3.2CH4/c29-13-19(15-4-2-1-3-5-15)27-22-17-10-16(6-7-18(17)25-14-26-22)20-11-24-21-12-23-8-9-28(20)21;17-12-6-7-14-13(8-12)16(19-10-18-14)20-15(9-21)11-4-2-1-3-5-11;9-8-6-3-5(10)1-2-7(6)11-4-12-8;9-8(6-10)7-4-2-1-3-5-7;1-3-9-4-2-8-6(9)5-7-1;;/h1-12,14,19,29H,13H2,(H,25,26,27);1-8,10,15,21H,9H2,(H,18,19,20);1-4H;1-5,8,10H,6,9H2;1-5H;2*1H4. The van der Waals surface area contributed by atoms with E-state index < -0.39 is 0 Å². The molecule has 0 aliphatic carbocycles. The number of imidazole rings is 2. The van der Waals surface area contributed by atoms with Gasteiger partial charge in [0.15, 0.2) is 11.3 Å². The van der Waals surface area contributed by atoms with Crippen LogP contribution in [0.1, 0.15) is 49.7 Å². The Kier molecular flexibility index (Phi) is 23.5. The summed E-state index contributed by atoms with van der Waals surface area (Å²) in [5, 5.41) is 38.2. The van der Waals surface area contributed by atoms with E-state index in [9.17, 15) is 10.2 Å². The number of nitrogens with two attached hydrogens (primary N) is 1. The monoisotopic (exact) mass is 1350 g/mol. The van der Waals surface area contributed by atoms with Crippen molar-refractivity contribution in [1.82, 2.24) is 58.6 Å². The Labute approximate surface area is 512 Å². The molecule has 6 aromatic carbocycles. The third kappa shape index (κ3) is 16.5. The molecule has 83 heavy (non-hydrogen) atoms. The van der Waals surface area contributed by atoms with Crippen molar-refractivity contribution in [2.24, 2.45) is 5.73 Å². The summed E-state index contributed by atoms with van der Waals surface area (Å²) in [5.41, 5.74) is 14.8. The lowest BCUT2D eigenvalue weighted by Crippen LogP contribution is -2.16. The molecule has 21 heteroatoms. The van der Waals surface area contributed by atoms with Crippen LogP contribution in [0.2, 0.25) is 5.15 Å². The molecule has 0 spiro atoms. The number of halogens is 3. The van der Waals surface area contributed by atoms with Crippen LogP contribution in [0.3, 0.4) is 0 Å². The average Bonchev–Trinajstić information content (AvgIpc) is 4.38. The molecule has 7 heterocycles. The fourth-order valence-corrected chi connectivity index (χ4v) is 9.45. The maximum absolute atomic E-state index is 9.91. The van der Waals surface area contributed by atoms with E-state index in [0.29, 0.717) is 11.0 Å². The van der Waals surface area contributed by atoms with Gasteiger partial charge in [-0.1, -0.05) is 124 Å². The number of nitrogens with one attached hydrogen (secondary N) is 2. The fraction of sp³-hybridized carbons (Fsp3) is 0.129. The molecule has 0 saturated carbocycles. The van der Waals surface area contributed by atoms with E-state index in [0.717, 1.165) is 84.9 Å². The van der Waals surface area contributed by atoms with Gasteiger partial charge in [-0.05, 0) is 110 Å². The summed E-state index contributed by atoms with van der Waals surface area (Å²) in [6.07, 6.45) is 20.7. The SMILES string of the molecule is C.C.Clc1ncnc2ccc(I)cc12.NC(CO)c1ccccc1.OCC(Nc1ncnc2ccc(-c3cnc4cnccn34)cc12)c1ccccc1.OCC(Nc1ncnc2ccc(I)cc12)c1ccccc1.c1cn2ccnc2cn1. The van der Waals surface area contributed by atoms with Crippen molar-refractivity contribution in [1.29, 1.82) is 0 Å². The highest BCUT2D eigenvalue weighted by molar-refractivity contribution is 14.1. The Morgan fingerprint density at radius 3 is 1.52 bits per heavy atom. The molecule has 7 aromatic heterocycles. The molecule has 0 aliphatic rings. The smallest absolute Gasteiger partial charge is 0.155 e. The van der Waals surface area contributed by atoms with Crippen molar-refractivity contribution < 1.29 is 15.3 Å². The quantitative estimate of drug-likeness (QED) is 0.0520. The third-order valence-corrected chi connectivity index (χ3v) is 14.1. The fourth-order valence-electron chi connectivity index (χ4n) is 8.27. The highest BCUT2D eigenvalue weighted by atomic mass is 127. The van der Waals surface area contributed by atoms with E-state index in [4.69, 9.17) is 22.4 Å². The van der Waals surface area contributed by atoms with Crippen LogP contribution in [0.15, 0.2) is 220 Å². The highest BCUT2D eigenvalue weighted by Gasteiger charge is 2.16. The summed E-state index contributed by atoms with van der Waals surface area (Å²) < 4.78 is 6.16. The van der Waals surface area contributed by atoms with Crippen molar-refractivity contribution in [3.05, 3.63) is 249 Å². The van der Waals surface area contributed by atoms with Gasteiger partial charge >= 0.3 is 0 Å². The molecule has 18 nitrogen and oxygen atoms in total. The molecule has 422 valence electrons. The van der Waals surface area contributed by atoms with Gasteiger partial charge in [-0.25, -0.2) is 39.9 Å². The summed E-state index contributed by atoms with van der Waals surface area (Å²) in [6, 6.07) is 46.5. The average molecular weight is 1350 g/mol. The number of aliphatic hydroxyl groups excluding tert-OH is 3. The number of aliphatic hydroxyl groups is 3. The summed E-state index contributed by atoms with van der Waals surface area (Å²) in [6.45, 7) is -0.0427. The minimum absolute atomic E-state index is 0. The van der Waals surface area contributed by atoms with Crippen LogP contribution >= 0.6 is 56.8 Å². The van der Waals surface area contributed by atoms with Gasteiger partial charge in [0.1, 0.15) is 35.8 Å². The Morgan fingerprint density at radius 2 is 0.964 bits per heavy atom. The second-order valence-corrected chi connectivity index (χ2v) is 20.5. The Hall–Kier alpha value is -8.23. The largest absolute Gasteiger partial charge is 0.394 e. The van der Waals surface area contributed by atoms with Crippen molar-refractivity contribution in [2.75, 3.05) is 30.5 Å². The Morgan fingerprint density at radius 1 is 0.482 bits per heavy atom. The van der Waals surface area contributed by atoms with Crippen LogP contribution in [0.4, 0.5) is 11.6 Å². The number of fused-ring (bicyclic) bond motifs is 5. The molecule has 0 saturated heterocycles. The van der Waals surface area contributed by atoms with Crippen LogP contribution in [-0.2, 0) is 0 Å². The van der Waals surface area contributed by atoms with Gasteiger partial charge in [-0.15, -0.1) is 0 Å². The maximum Gasteiger partial charge on any atom is 0.155 e. The van der Waals surface area contributed by atoms with Crippen molar-refractivity contribution in [2.45, 2.75) is 33.0 Å². The molecular weight excluding hydrogens is 1290 g/mol. The highest BCUT2D eigenvalue weighted by Crippen LogP contribution is 2.30. The summed E-state index contributed by atoms with van der Waals surface area (Å²) in [5.74, 6) is 1.41. The molecule has 0 fully saturated rings. The molecule has 0 amide bonds. The number of rotatable bonds is 11. The van der Waals surface area contributed by atoms with Crippen LogP contribution in [0.5, 0.6) is 0 Å². The first-order valence-electron chi connectivity index (χ1n) is 25.2. The normalized spacial score (nSPS) is 11.6. The van der Waals surface area contributed by atoms with Gasteiger partial charge in [0, 0.05) is 66.0 Å². The number of anilines is 2. The second kappa shape index (κ2) is 31.3. The number of aromatic nitrogens is 12. The van der Waals surface area contributed by atoms with E-state index >= 15 is 0 Å². The van der Waals surface area contributed by atoms with Gasteiger partial charge in [0.05, 0.1) is 78.8 Å². The van der Waals surface area contributed by atoms with Gasteiger partial charge in [0.25, 0.3) is 0 Å². The first-order valence-corrected chi connectivity index (χ1v) is 27.7. The zero-order valence-corrected chi connectivity index (χ0v) is 48.1. The zero-order valence-electron chi connectivity index (χ0n) is 43.1. The van der Waals surface area contributed by atoms with Gasteiger partial charge in [-0.2, -0.15) is 0 Å². The van der Waals surface area contributed by atoms with E-state index in [1.54, 1.807) is 31.0 Å². The molecule has 0 aliphatic heterocycles. The number of nitrogens with zero attached hydrogens (tertiary/aromatic N) is 12. The molecule has 3 atom stereocenters. The minimum Gasteiger partial charge on any atom is -0.394 e. The van der Waals surface area contributed by atoms with Gasteiger partial charge < -0.3 is 36.1 Å². The summed E-state index contributed by atoms with van der Waals surface area (Å²) in [4.78, 5) is 41.9. The first kappa shape index (κ1) is 62.4. The Bertz CT molecular complexity index is 4070. The first-order chi connectivity index (χ1) is 39.7. The molecule has 7 N–H and O–H groups in total. The molecule has 3 unspecified atom stereocenters. The van der Waals surface area contributed by atoms with Crippen molar-refractivity contribution in [3.63, 3.8) is 0 Å². The summed E-state index contributed by atoms with van der Waals surface area (Å²) in [7, 11) is 0. The minimum atomic E-state index is -0.264. The predicted octanol–water partition coefficient (Wildman–Crippen LogP) is 12.4. The van der Waals surface area contributed by atoms with E-state index in [-0.39, 0.29) is 52.8 Å². The number of hydrogen-bond acceptors (Lipinski definition) is 16. The van der Waals surface area contributed by atoms with E-state index in [1.165, 1.54) is 19.0 Å². The maximum atomic E-state index is 9.91. The molecule has 0 radical (unpaired) electrons. The molecular formula is C62H60ClI2N15O3. The van der Waals surface area contributed by atoms with Gasteiger partial charge in [0.2, 0.25) is 0 Å². The molecule has 13 rings (SSSR count). The van der Waals surface area contributed by atoms with Crippen LogP contribution in [-0.4, -0.2) is 93.8 Å². The van der Waals surface area contributed by atoms with Gasteiger partial charge in [-0.3, -0.25) is 14.4 Å². The van der Waals surface area contributed by atoms with Crippen LogP contribution in [0.25, 0.3) is 55.3 Å². The number of hydrogen-bond donors (Lipinski definition) is 6. The number of benzene rings is 6. The Balaban J connectivity index is 0.000000160. The summed E-state index contributed by atoms with van der Waals surface area (Å²) >= 11 is 10.4. The lowest BCUT2D eigenvalue weighted by Gasteiger charge is -2.18. The van der Waals surface area contributed by atoms with Crippen LogP contribution in [0, 0.1) is 7.14 Å². The predicted molar refractivity (Wildman–Crippen MR) is 348 cm³/mol. The van der Waals surface area contributed by atoms with E-state index in [1.807, 2.05) is 179 Å². The van der Waals surface area contributed by atoms with Crippen LogP contribution < -0.4 is 16.4 Å². The lowest BCUT2D eigenvalue weighted by molar-refractivity contribution is 0.268. The third-order valence-electron chi connectivity index (χ3n) is 12.4. The zero-order chi connectivity index (χ0) is 56.3. The lowest BCUT2D eigenvalue weighted by atomic mass is 10.1. The van der Waals surface area contributed by atoms with Crippen molar-refractivity contribution >= 4 is 112 Å². The molecule has 0 bridgehead atoms. The molecule has 13 aromatic rings. The van der Waals surface area contributed by atoms with E-state index in [2.05, 4.69) is 106 Å².